The molecule has 2 rings (SSSR count). The zero-order valence-electron chi connectivity index (χ0n) is 13.0. The molecule has 0 aromatic carbocycles. The Hall–Kier alpha value is -0.130. The van der Waals surface area contributed by atoms with Crippen LogP contribution in [0.1, 0.15) is 52.4 Å². The van der Waals surface area contributed by atoms with Gasteiger partial charge in [-0.15, -0.1) is 0 Å². The Balaban J connectivity index is 1.91. The maximum absolute atomic E-state index is 11.7. The maximum Gasteiger partial charge on any atom is 0.151 e. The van der Waals surface area contributed by atoms with E-state index in [-0.39, 0.29) is 5.75 Å². The molecule has 4 nitrogen and oxygen atoms in total. The van der Waals surface area contributed by atoms with Crippen molar-refractivity contribution in [1.29, 1.82) is 0 Å². The van der Waals surface area contributed by atoms with Gasteiger partial charge in [-0.25, -0.2) is 8.42 Å². The van der Waals surface area contributed by atoms with E-state index in [4.69, 9.17) is 0 Å². The first-order valence-electron chi connectivity index (χ1n) is 8.25. The molecule has 2 saturated heterocycles. The van der Waals surface area contributed by atoms with Crippen LogP contribution in [0.5, 0.6) is 0 Å². The van der Waals surface area contributed by atoms with E-state index in [2.05, 4.69) is 17.1 Å². The van der Waals surface area contributed by atoms with Gasteiger partial charge in [-0.1, -0.05) is 20.3 Å². The van der Waals surface area contributed by atoms with E-state index in [0.717, 1.165) is 13.1 Å². The third-order valence-corrected chi connectivity index (χ3v) is 6.59. The van der Waals surface area contributed by atoms with Gasteiger partial charge in [0.1, 0.15) is 0 Å². The number of nitrogens with one attached hydrogen (secondary N) is 1. The van der Waals surface area contributed by atoms with Gasteiger partial charge in [0.15, 0.2) is 9.84 Å². The van der Waals surface area contributed by atoms with Gasteiger partial charge < -0.3 is 5.32 Å². The minimum atomic E-state index is -2.83. The highest BCUT2D eigenvalue weighted by atomic mass is 32.2. The predicted octanol–water partition coefficient (Wildman–Crippen LogP) is 1.81. The van der Waals surface area contributed by atoms with Crippen LogP contribution in [0, 0.1) is 0 Å². The van der Waals surface area contributed by atoms with Crippen molar-refractivity contribution < 1.29 is 8.42 Å². The first-order valence-corrected chi connectivity index (χ1v) is 10.1. The molecular formula is C15H30N2O2S. The SMILES string of the molecule is CCCNC1CC2CCCC(C1)N2CCS(=O)(=O)CC. The highest BCUT2D eigenvalue weighted by Crippen LogP contribution is 2.33. The average molecular weight is 302 g/mol. The molecule has 0 aliphatic carbocycles. The second-order valence-corrected chi connectivity index (χ2v) is 8.81. The lowest BCUT2D eigenvalue weighted by atomic mass is 9.82. The summed E-state index contributed by atoms with van der Waals surface area (Å²) in [4.78, 5) is 2.50. The van der Waals surface area contributed by atoms with Crippen LogP contribution in [0.15, 0.2) is 0 Å². The van der Waals surface area contributed by atoms with Crippen molar-refractivity contribution in [3.63, 3.8) is 0 Å². The van der Waals surface area contributed by atoms with Gasteiger partial charge in [0.2, 0.25) is 0 Å². The summed E-state index contributed by atoms with van der Waals surface area (Å²) in [7, 11) is -2.83. The van der Waals surface area contributed by atoms with E-state index >= 15 is 0 Å². The van der Waals surface area contributed by atoms with Gasteiger partial charge in [-0.2, -0.15) is 0 Å². The molecule has 0 spiro atoms. The van der Waals surface area contributed by atoms with Gasteiger partial charge in [-0.3, -0.25) is 4.90 Å². The normalized spacial score (nSPS) is 31.4. The number of rotatable bonds is 7. The van der Waals surface area contributed by atoms with Gasteiger partial charge >= 0.3 is 0 Å². The molecule has 20 heavy (non-hydrogen) atoms. The first kappa shape index (κ1) is 16.2. The molecule has 2 aliphatic rings. The van der Waals surface area contributed by atoms with Gasteiger partial charge in [0.25, 0.3) is 0 Å². The zero-order valence-corrected chi connectivity index (χ0v) is 13.8. The van der Waals surface area contributed by atoms with E-state index < -0.39 is 9.84 Å². The van der Waals surface area contributed by atoms with Crippen molar-refractivity contribution in [2.24, 2.45) is 0 Å². The van der Waals surface area contributed by atoms with Crippen LogP contribution in [0.2, 0.25) is 0 Å². The molecule has 0 saturated carbocycles. The second kappa shape index (κ2) is 7.23. The summed E-state index contributed by atoms with van der Waals surface area (Å²) in [6.45, 7) is 5.80. The highest BCUT2D eigenvalue weighted by molar-refractivity contribution is 7.91. The Morgan fingerprint density at radius 1 is 1.15 bits per heavy atom. The summed E-state index contributed by atoms with van der Waals surface area (Å²) in [6.07, 6.45) is 7.38. The van der Waals surface area contributed by atoms with Crippen molar-refractivity contribution in [3.05, 3.63) is 0 Å². The number of fused-ring (bicyclic) bond motifs is 2. The van der Waals surface area contributed by atoms with Crippen molar-refractivity contribution >= 4 is 9.84 Å². The Kier molecular flexibility index (Phi) is 5.87. The molecule has 1 N–H and O–H groups in total. The van der Waals surface area contributed by atoms with Crippen LogP contribution in [0.4, 0.5) is 0 Å². The Morgan fingerprint density at radius 3 is 2.35 bits per heavy atom. The van der Waals surface area contributed by atoms with Gasteiger partial charge in [0, 0.05) is 30.4 Å². The maximum atomic E-state index is 11.7. The third-order valence-electron chi connectivity index (χ3n) is 4.91. The van der Waals surface area contributed by atoms with Crippen molar-refractivity contribution in [1.82, 2.24) is 10.2 Å². The number of piperidine rings is 2. The molecule has 2 aliphatic heterocycles. The number of hydrogen-bond acceptors (Lipinski definition) is 4. The topological polar surface area (TPSA) is 49.4 Å². The first-order chi connectivity index (χ1) is 9.55. The molecular weight excluding hydrogens is 272 g/mol. The lowest BCUT2D eigenvalue weighted by Crippen LogP contribution is -2.57. The fourth-order valence-electron chi connectivity index (χ4n) is 3.75. The van der Waals surface area contributed by atoms with Crippen LogP contribution in [0.25, 0.3) is 0 Å². The molecule has 0 radical (unpaired) electrons. The van der Waals surface area contributed by atoms with E-state index in [0.29, 0.717) is 23.9 Å². The van der Waals surface area contributed by atoms with E-state index in [1.165, 1.54) is 38.5 Å². The Morgan fingerprint density at radius 2 is 1.80 bits per heavy atom. The van der Waals surface area contributed by atoms with Crippen LogP contribution in [-0.4, -0.2) is 56.0 Å². The molecule has 2 heterocycles. The molecule has 0 amide bonds. The Bertz CT molecular complexity index is 383. The van der Waals surface area contributed by atoms with Gasteiger partial charge in [0.05, 0.1) is 5.75 Å². The van der Waals surface area contributed by atoms with Crippen molar-refractivity contribution in [3.8, 4) is 0 Å². The standard InChI is InChI=1S/C15H30N2O2S/c1-3-8-16-13-11-14-6-5-7-15(12-13)17(14)9-10-20(18,19)4-2/h13-16H,3-12H2,1-2H3. The number of nitrogens with zero attached hydrogens (tertiary/aromatic N) is 1. The van der Waals surface area contributed by atoms with Crippen molar-refractivity contribution in [2.45, 2.75) is 70.5 Å². The fourth-order valence-corrected chi connectivity index (χ4v) is 4.53. The molecule has 118 valence electrons. The number of sulfone groups is 1. The van der Waals surface area contributed by atoms with E-state index in [1.54, 1.807) is 6.92 Å². The van der Waals surface area contributed by atoms with Crippen molar-refractivity contribution in [2.75, 3.05) is 24.6 Å². The van der Waals surface area contributed by atoms with Gasteiger partial charge in [-0.05, 0) is 38.6 Å². The molecule has 2 atom stereocenters. The third kappa shape index (κ3) is 4.18. The summed E-state index contributed by atoms with van der Waals surface area (Å²) in [5.41, 5.74) is 0. The number of hydrogen-bond donors (Lipinski definition) is 1. The summed E-state index contributed by atoms with van der Waals surface area (Å²) in [5, 5.41) is 3.66. The fraction of sp³-hybridized carbons (Fsp3) is 1.00. The van der Waals surface area contributed by atoms with Crippen LogP contribution >= 0.6 is 0 Å². The Labute approximate surface area is 124 Å². The molecule has 0 aromatic heterocycles. The average Bonchev–Trinajstić information content (AvgIpc) is 2.42. The summed E-state index contributed by atoms with van der Waals surface area (Å²) < 4.78 is 23.5. The van der Waals surface area contributed by atoms with Crippen LogP contribution in [-0.2, 0) is 9.84 Å². The molecule has 2 bridgehead atoms. The largest absolute Gasteiger partial charge is 0.314 e. The lowest BCUT2D eigenvalue weighted by Gasteiger charge is -2.49. The molecule has 2 fully saturated rings. The molecule has 2 unspecified atom stereocenters. The summed E-state index contributed by atoms with van der Waals surface area (Å²) in [5.74, 6) is 0.612. The van der Waals surface area contributed by atoms with Crippen LogP contribution < -0.4 is 5.32 Å². The monoisotopic (exact) mass is 302 g/mol. The molecule has 0 aromatic rings. The summed E-state index contributed by atoms with van der Waals surface area (Å²) in [6, 6.07) is 1.84. The van der Waals surface area contributed by atoms with E-state index in [9.17, 15) is 8.42 Å². The summed E-state index contributed by atoms with van der Waals surface area (Å²) >= 11 is 0. The minimum Gasteiger partial charge on any atom is -0.314 e. The molecule has 5 heteroatoms. The minimum absolute atomic E-state index is 0.275. The second-order valence-electron chi connectivity index (χ2n) is 6.34. The van der Waals surface area contributed by atoms with E-state index in [1.807, 2.05) is 0 Å². The predicted molar refractivity (Wildman–Crippen MR) is 83.8 cm³/mol. The zero-order chi connectivity index (χ0) is 14.6. The lowest BCUT2D eigenvalue weighted by molar-refractivity contribution is 0.0301. The highest BCUT2D eigenvalue weighted by Gasteiger charge is 2.37. The smallest absolute Gasteiger partial charge is 0.151 e. The quantitative estimate of drug-likeness (QED) is 0.779. The van der Waals surface area contributed by atoms with Crippen LogP contribution in [0.3, 0.4) is 0 Å².